The standard InChI is InChI=1S/C24H30N4O4S/c1-32-22-9-8-18(14-23(22)33(30,31)28-11-4-5-12-28)20-15-21(26-25-20)24(29)27-13-10-17-6-2-3-7-19(17)16-27/h2-3,6-9,14,20-21,25-26H,4-5,10-13,15-16H2,1H3. The lowest BCUT2D eigenvalue weighted by atomic mass is 9.98. The van der Waals surface area contributed by atoms with Crippen LogP contribution in [-0.2, 0) is 27.8 Å². The van der Waals surface area contributed by atoms with E-state index in [9.17, 15) is 13.2 Å². The van der Waals surface area contributed by atoms with Gasteiger partial charge in [-0.2, -0.15) is 4.31 Å². The molecule has 2 aromatic rings. The van der Waals surface area contributed by atoms with Crippen molar-refractivity contribution in [2.24, 2.45) is 0 Å². The number of fused-ring (bicyclic) bond motifs is 1. The summed E-state index contributed by atoms with van der Waals surface area (Å²) >= 11 is 0. The Hall–Kier alpha value is -2.46. The lowest BCUT2D eigenvalue weighted by Crippen LogP contribution is -2.47. The predicted molar refractivity (Wildman–Crippen MR) is 124 cm³/mol. The number of hydrogen-bond acceptors (Lipinski definition) is 6. The van der Waals surface area contributed by atoms with Crippen molar-refractivity contribution in [1.29, 1.82) is 0 Å². The van der Waals surface area contributed by atoms with E-state index in [4.69, 9.17) is 4.74 Å². The molecule has 3 aliphatic rings. The van der Waals surface area contributed by atoms with Gasteiger partial charge in [0.15, 0.2) is 0 Å². The van der Waals surface area contributed by atoms with E-state index >= 15 is 0 Å². The van der Waals surface area contributed by atoms with E-state index in [1.165, 1.54) is 22.5 Å². The van der Waals surface area contributed by atoms with E-state index in [0.717, 1.165) is 24.8 Å². The zero-order valence-electron chi connectivity index (χ0n) is 18.8. The number of benzene rings is 2. The zero-order chi connectivity index (χ0) is 23.0. The largest absolute Gasteiger partial charge is 0.495 e. The molecule has 0 spiro atoms. The normalized spacial score (nSPS) is 23.5. The summed E-state index contributed by atoms with van der Waals surface area (Å²) < 4.78 is 33.3. The first-order valence-corrected chi connectivity index (χ1v) is 13.0. The number of hydrazine groups is 1. The molecule has 2 saturated heterocycles. The van der Waals surface area contributed by atoms with Crippen molar-refractivity contribution in [2.75, 3.05) is 26.7 Å². The highest BCUT2D eigenvalue weighted by Crippen LogP contribution is 2.33. The van der Waals surface area contributed by atoms with Crippen molar-refractivity contribution in [3.8, 4) is 5.75 Å². The smallest absolute Gasteiger partial charge is 0.246 e. The Labute approximate surface area is 194 Å². The predicted octanol–water partition coefficient (Wildman–Crippen LogP) is 1.97. The second-order valence-corrected chi connectivity index (χ2v) is 10.8. The van der Waals surface area contributed by atoms with Gasteiger partial charge in [0.1, 0.15) is 16.7 Å². The van der Waals surface area contributed by atoms with Crippen LogP contribution in [0, 0.1) is 0 Å². The molecular formula is C24H30N4O4S. The number of hydrogen-bond donors (Lipinski definition) is 2. The monoisotopic (exact) mass is 470 g/mol. The van der Waals surface area contributed by atoms with Crippen LogP contribution in [0.5, 0.6) is 5.75 Å². The molecule has 5 rings (SSSR count). The number of nitrogens with one attached hydrogen (secondary N) is 2. The van der Waals surface area contributed by atoms with Gasteiger partial charge in [0.25, 0.3) is 0 Å². The number of rotatable bonds is 5. The molecule has 0 aliphatic carbocycles. The van der Waals surface area contributed by atoms with Crippen molar-refractivity contribution < 1.29 is 17.9 Å². The van der Waals surface area contributed by atoms with Gasteiger partial charge >= 0.3 is 0 Å². The van der Waals surface area contributed by atoms with Crippen LogP contribution in [0.4, 0.5) is 0 Å². The molecular weight excluding hydrogens is 440 g/mol. The Morgan fingerprint density at radius 2 is 1.79 bits per heavy atom. The van der Waals surface area contributed by atoms with Crippen molar-refractivity contribution in [3.63, 3.8) is 0 Å². The van der Waals surface area contributed by atoms with E-state index < -0.39 is 10.0 Å². The Bertz CT molecular complexity index is 1150. The van der Waals surface area contributed by atoms with Crippen LogP contribution in [0.3, 0.4) is 0 Å². The Morgan fingerprint density at radius 1 is 1.03 bits per heavy atom. The highest BCUT2D eigenvalue weighted by atomic mass is 32.2. The van der Waals surface area contributed by atoms with Crippen molar-refractivity contribution in [3.05, 3.63) is 59.2 Å². The summed E-state index contributed by atoms with van der Waals surface area (Å²) in [6.07, 6.45) is 3.16. The van der Waals surface area contributed by atoms with Crippen LogP contribution in [0.25, 0.3) is 0 Å². The van der Waals surface area contributed by atoms with E-state index in [-0.39, 0.29) is 22.9 Å². The van der Waals surface area contributed by atoms with Gasteiger partial charge in [-0.25, -0.2) is 19.3 Å². The number of ether oxygens (including phenoxy) is 1. The lowest BCUT2D eigenvalue weighted by molar-refractivity contribution is -0.134. The summed E-state index contributed by atoms with van der Waals surface area (Å²) in [5.41, 5.74) is 9.66. The quantitative estimate of drug-likeness (QED) is 0.695. The molecule has 2 atom stereocenters. The van der Waals surface area contributed by atoms with Gasteiger partial charge in [0.2, 0.25) is 15.9 Å². The van der Waals surface area contributed by atoms with Gasteiger partial charge in [-0.05, 0) is 54.5 Å². The Morgan fingerprint density at radius 3 is 2.55 bits per heavy atom. The molecule has 2 unspecified atom stereocenters. The van der Waals surface area contributed by atoms with Gasteiger partial charge in [0.05, 0.1) is 7.11 Å². The summed E-state index contributed by atoms with van der Waals surface area (Å²) in [7, 11) is -2.14. The molecule has 8 nitrogen and oxygen atoms in total. The minimum absolute atomic E-state index is 0.0675. The fourth-order valence-corrected chi connectivity index (χ4v) is 6.73. The maximum absolute atomic E-state index is 13.2. The van der Waals surface area contributed by atoms with E-state index in [1.54, 1.807) is 12.1 Å². The molecule has 3 aliphatic heterocycles. The topological polar surface area (TPSA) is 91.0 Å². The van der Waals surface area contributed by atoms with Gasteiger partial charge in [0, 0.05) is 32.2 Å². The molecule has 0 radical (unpaired) electrons. The van der Waals surface area contributed by atoms with Crippen LogP contribution in [0.2, 0.25) is 0 Å². The SMILES string of the molecule is COc1ccc(C2CC(C(=O)N3CCc4ccccc4C3)NN2)cc1S(=O)(=O)N1CCCC1. The average Bonchev–Trinajstić information content (AvgIpc) is 3.56. The van der Waals surface area contributed by atoms with Crippen molar-refractivity contribution in [1.82, 2.24) is 20.1 Å². The van der Waals surface area contributed by atoms with Gasteiger partial charge in [-0.3, -0.25) is 4.79 Å². The van der Waals surface area contributed by atoms with Crippen LogP contribution < -0.4 is 15.6 Å². The maximum atomic E-state index is 13.2. The summed E-state index contributed by atoms with van der Waals surface area (Å²) in [4.78, 5) is 15.3. The number of methoxy groups -OCH3 is 1. The average molecular weight is 471 g/mol. The van der Waals surface area contributed by atoms with Gasteiger partial charge in [-0.1, -0.05) is 30.3 Å². The van der Waals surface area contributed by atoms with Crippen LogP contribution in [-0.4, -0.2) is 56.3 Å². The molecule has 2 fully saturated rings. The third kappa shape index (κ3) is 4.26. The Balaban J connectivity index is 1.32. The number of carbonyl (C=O) groups excluding carboxylic acids is 1. The second-order valence-electron chi connectivity index (χ2n) is 8.93. The molecule has 176 valence electrons. The fraction of sp³-hybridized carbons (Fsp3) is 0.458. The first kappa shape index (κ1) is 22.3. The molecule has 9 heteroatoms. The lowest BCUT2D eigenvalue weighted by Gasteiger charge is -2.30. The highest BCUT2D eigenvalue weighted by Gasteiger charge is 2.36. The third-order valence-corrected chi connectivity index (χ3v) is 8.84. The summed E-state index contributed by atoms with van der Waals surface area (Å²) in [6, 6.07) is 13.0. The third-order valence-electron chi connectivity index (χ3n) is 6.92. The molecule has 0 bridgehead atoms. The van der Waals surface area contributed by atoms with Crippen LogP contribution in [0.1, 0.15) is 42.0 Å². The van der Waals surface area contributed by atoms with E-state index in [2.05, 4.69) is 23.0 Å². The second kappa shape index (κ2) is 9.06. The van der Waals surface area contributed by atoms with Crippen molar-refractivity contribution >= 4 is 15.9 Å². The van der Waals surface area contributed by atoms with Gasteiger partial charge in [-0.15, -0.1) is 0 Å². The number of carbonyl (C=O) groups is 1. The van der Waals surface area contributed by atoms with Gasteiger partial charge < -0.3 is 9.64 Å². The number of sulfonamides is 1. The molecule has 2 aromatic carbocycles. The first-order chi connectivity index (χ1) is 16.0. The van der Waals surface area contributed by atoms with E-state index in [0.29, 0.717) is 38.3 Å². The van der Waals surface area contributed by atoms with Crippen LogP contribution >= 0.6 is 0 Å². The molecule has 0 saturated carbocycles. The number of nitrogens with zero attached hydrogens (tertiary/aromatic N) is 2. The number of amides is 1. The summed E-state index contributed by atoms with van der Waals surface area (Å²) in [5, 5.41) is 0. The molecule has 1 amide bonds. The molecule has 3 heterocycles. The fourth-order valence-electron chi connectivity index (χ4n) is 5.02. The summed E-state index contributed by atoms with van der Waals surface area (Å²) in [5.74, 6) is 0.411. The zero-order valence-corrected chi connectivity index (χ0v) is 19.6. The minimum atomic E-state index is -3.62. The van der Waals surface area contributed by atoms with Crippen molar-refractivity contribution in [2.45, 2.75) is 49.2 Å². The minimum Gasteiger partial charge on any atom is -0.495 e. The van der Waals surface area contributed by atoms with E-state index in [1.807, 2.05) is 23.1 Å². The molecule has 2 N–H and O–H groups in total. The maximum Gasteiger partial charge on any atom is 0.246 e. The molecule has 0 aromatic heterocycles. The first-order valence-electron chi connectivity index (χ1n) is 11.5. The summed E-state index contributed by atoms with van der Waals surface area (Å²) in [6.45, 7) is 2.40. The molecule has 33 heavy (non-hydrogen) atoms. The Kier molecular flexibility index (Phi) is 6.13. The highest BCUT2D eigenvalue weighted by molar-refractivity contribution is 7.89. The van der Waals surface area contributed by atoms with Crippen LogP contribution in [0.15, 0.2) is 47.4 Å².